The van der Waals surface area contributed by atoms with Crippen LogP contribution in [0.25, 0.3) is 16.9 Å². The molecule has 0 aliphatic rings. The Morgan fingerprint density at radius 1 is 0.943 bits per heavy atom. The van der Waals surface area contributed by atoms with Crippen molar-refractivity contribution in [2.75, 3.05) is 14.1 Å². The largest absolute Gasteiger partial charge is 0.457 e. The molecule has 0 N–H and O–H groups in total. The summed E-state index contributed by atoms with van der Waals surface area (Å²) in [5.41, 5.74) is 5.93. The van der Waals surface area contributed by atoms with E-state index in [1.165, 1.54) is 43.9 Å². The molecular weight excluding hydrogens is 462 g/mol. The third-order valence-corrected chi connectivity index (χ3v) is 7.65. The highest BCUT2D eigenvalue weighted by Crippen LogP contribution is 2.27. The Morgan fingerprint density at radius 2 is 1.63 bits per heavy atom. The van der Waals surface area contributed by atoms with Crippen molar-refractivity contribution < 1.29 is 17.9 Å². The molecule has 4 aromatic rings. The number of nitrogens with zero attached hydrogens (tertiary/aromatic N) is 3. The fourth-order valence-corrected chi connectivity index (χ4v) is 4.46. The van der Waals surface area contributed by atoms with Gasteiger partial charge >= 0.3 is 5.97 Å². The maximum Gasteiger partial charge on any atom is 0.338 e. The molecule has 8 heteroatoms. The summed E-state index contributed by atoms with van der Waals surface area (Å²) in [5, 5.41) is 4.78. The second-order valence-electron chi connectivity index (χ2n) is 8.47. The third-order valence-electron chi connectivity index (χ3n) is 5.82. The average molecular weight is 490 g/mol. The van der Waals surface area contributed by atoms with Crippen molar-refractivity contribution in [2.45, 2.75) is 25.3 Å². The highest BCUT2D eigenvalue weighted by molar-refractivity contribution is 7.89. The van der Waals surface area contributed by atoms with Gasteiger partial charge < -0.3 is 4.74 Å². The molecule has 0 amide bonds. The number of para-hydroxylation sites is 1. The minimum absolute atomic E-state index is 0.0195. The molecule has 0 saturated carbocycles. The zero-order chi connectivity index (χ0) is 25.2. The van der Waals surface area contributed by atoms with Gasteiger partial charge in [0.15, 0.2) is 0 Å². The Labute approximate surface area is 205 Å². The molecule has 0 bridgehead atoms. The normalized spacial score (nSPS) is 11.6. The minimum Gasteiger partial charge on any atom is -0.457 e. The van der Waals surface area contributed by atoms with Crippen LogP contribution in [0, 0.1) is 13.8 Å². The highest BCUT2D eigenvalue weighted by atomic mass is 32.2. The first-order valence-electron chi connectivity index (χ1n) is 11.1. The van der Waals surface area contributed by atoms with Crippen LogP contribution < -0.4 is 0 Å². The summed E-state index contributed by atoms with van der Waals surface area (Å²) in [4.78, 5) is 12.8. The molecule has 1 heterocycles. The van der Waals surface area contributed by atoms with Gasteiger partial charge in [0.2, 0.25) is 10.0 Å². The number of hydrogen-bond donors (Lipinski definition) is 0. The van der Waals surface area contributed by atoms with Crippen molar-refractivity contribution in [1.29, 1.82) is 0 Å². The predicted octanol–water partition coefficient (Wildman–Crippen LogP) is 4.76. The zero-order valence-corrected chi connectivity index (χ0v) is 20.9. The molecule has 4 rings (SSSR count). The molecule has 35 heavy (non-hydrogen) atoms. The summed E-state index contributed by atoms with van der Waals surface area (Å²) in [6.45, 7) is 4.12. The average Bonchev–Trinajstić information content (AvgIpc) is 3.29. The van der Waals surface area contributed by atoms with Crippen molar-refractivity contribution in [3.05, 3.63) is 101 Å². The van der Waals surface area contributed by atoms with E-state index in [0.29, 0.717) is 0 Å². The first kappa shape index (κ1) is 24.4. The number of aryl methyl sites for hydroxylation is 2. The van der Waals surface area contributed by atoms with E-state index in [9.17, 15) is 13.2 Å². The molecular formula is C27H27N3O4S. The van der Waals surface area contributed by atoms with Gasteiger partial charge in [0, 0.05) is 31.4 Å². The van der Waals surface area contributed by atoms with Crippen LogP contribution in [0.1, 0.15) is 27.0 Å². The Bertz CT molecular complexity index is 1460. The van der Waals surface area contributed by atoms with E-state index >= 15 is 0 Å². The van der Waals surface area contributed by atoms with E-state index in [4.69, 9.17) is 9.84 Å². The Morgan fingerprint density at radius 3 is 2.26 bits per heavy atom. The van der Waals surface area contributed by atoms with Crippen LogP contribution >= 0.6 is 0 Å². The number of sulfonamides is 1. The molecule has 0 unspecified atom stereocenters. The molecule has 0 radical (unpaired) electrons. The van der Waals surface area contributed by atoms with Crippen molar-refractivity contribution in [3.8, 4) is 16.9 Å². The molecule has 0 saturated heterocycles. The lowest BCUT2D eigenvalue weighted by Crippen LogP contribution is -2.22. The van der Waals surface area contributed by atoms with Gasteiger partial charge in [-0.05, 0) is 67.4 Å². The number of carbonyl (C=O) groups excluding carboxylic acids is 1. The number of rotatable bonds is 7. The fourth-order valence-electron chi connectivity index (χ4n) is 3.56. The molecule has 0 atom stereocenters. The second-order valence-corrected chi connectivity index (χ2v) is 10.6. The maximum atomic E-state index is 12.7. The van der Waals surface area contributed by atoms with E-state index in [0.717, 1.165) is 32.4 Å². The molecule has 0 spiro atoms. The monoisotopic (exact) mass is 489 g/mol. The maximum absolute atomic E-state index is 12.7. The van der Waals surface area contributed by atoms with Crippen LogP contribution in [0.15, 0.2) is 83.9 Å². The van der Waals surface area contributed by atoms with Crippen LogP contribution in [0.3, 0.4) is 0 Å². The van der Waals surface area contributed by atoms with E-state index in [1.54, 1.807) is 4.68 Å². The summed E-state index contributed by atoms with van der Waals surface area (Å²) >= 11 is 0. The first-order valence-corrected chi connectivity index (χ1v) is 12.5. The van der Waals surface area contributed by atoms with Crippen molar-refractivity contribution >= 4 is 16.0 Å². The van der Waals surface area contributed by atoms with Crippen molar-refractivity contribution in [1.82, 2.24) is 14.1 Å². The second kappa shape index (κ2) is 9.85. The number of hydrogen-bond acceptors (Lipinski definition) is 5. The lowest BCUT2D eigenvalue weighted by Gasteiger charge is -2.11. The SMILES string of the molecule is Cc1ccc(-c2nn(-c3ccccc3)cc2COC(=O)c2ccc(S(=O)(=O)N(C)C)cc2)cc1C. The van der Waals surface area contributed by atoms with E-state index < -0.39 is 16.0 Å². The van der Waals surface area contributed by atoms with Gasteiger partial charge in [0.1, 0.15) is 6.61 Å². The van der Waals surface area contributed by atoms with Gasteiger partial charge in [-0.25, -0.2) is 22.2 Å². The van der Waals surface area contributed by atoms with Gasteiger partial charge in [0.25, 0.3) is 0 Å². The van der Waals surface area contributed by atoms with Crippen molar-refractivity contribution in [3.63, 3.8) is 0 Å². The zero-order valence-electron chi connectivity index (χ0n) is 20.1. The molecule has 0 fully saturated rings. The molecule has 0 aliphatic carbocycles. The lowest BCUT2D eigenvalue weighted by atomic mass is 10.0. The minimum atomic E-state index is -3.57. The van der Waals surface area contributed by atoms with Gasteiger partial charge in [-0.15, -0.1) is 0 Å². The number of aromatic nitrogens is 2. The van der Waals surface area contributed by atoms with Crippen molar-refractivity contribution in [2.24, 2.45) is 0 Å². The van der Waals surface area contributed by atoms with E-state index in [1.807, 2.05) is 55.6 Å². The summed E-state index contributed by atoms with van der Waals surface area (Å²) < 4.78 is 33.0. The molecule has 7 nitrogen and oxygen atoms in total. The first-order chi connectivity index (χ1) is 16.7. The molecule has 0 aliphatic heterocycles. The Balaban J connectivity index is 1.60. The highest BCUT2D eigenvalue weighted by Gasteiger charge is 2.19. The van der Waals surface area contributed by atoms with Crippen LogP contribution in [0.4, 0.5) is 0 Å². The van der Waals surface area contributed by atoms with Gasteiger partial charge in [-0.3, -0.25) is 0 Å². The number of benzene rings is 3. The molecule has 1 aromatic heterocycles. The third kappa shape index (κ3) is 5.18. The predicted molar refractivity (Wildman–Crippen MR) is 135 cm³/mol. The summed E-state index contributed by atoms with van der Waals surface area (Å²) in [6.07, 6.45) is 1.86. The Hall–Kier alpha value is -3.75. The number of esters is 1. The fraction of sp³-hybridized carbons (Fsp3) is 0.185. The standard InChI is InChI=1S/C27H27N3O4S/c1-19-10-11-22(16-20(19)2)26-23(17-30(28-26)24-8-6-5-7-9-24)18-34-27(31)21-12-14-25(15-13-21)35(32,33)29(3)4/h5-17H,18H2,1-4H3. The lowest BCUT2D eigenvalue weighted by molar-refractivity contribution is 0.0473. The summed E-state index contributed by atoms with van der Waals surface area (Å²) in [6, 6.07) is 21.6. The van der Waals surface area contributed by atoms with Crippen LogP contribution in [-0.2, 0) is 21.4 Å². The van der Waals surface area contributed by atoms with Crippen LogP contribution in [0.2, 0.25) is 0 Å². The molecule has 3 aromatic carbocycles. The Kier molecular flexibility index (Phi) is 6.86. The van der Waals surface area contributed by atoms with E-state index in [2.05, 4.69) is 13.0 Å². The van der Waals surface area contributed by atoms with Crippen LogP contribution in [-0.4, -0.2) is 42.6 Å². The number of carbonyl (C=O) groups is 1. The smallest absolute Gasteiger partial charge is 0.338 e. The van der Waals surface area contributed by atoms with Gasteiger partial charge in [-0.1, -0.05) is 30.3 Å². The van der Waals surface area contributed by atoms with Crippen LogP contribution in [0.5, 0.6) is 0 Å². The van der Waals surface area contributed by atoms with Gasteiger partial charge in [0.05, 0.1) is 21.8 Å². The topological polar surface area (TPSA) is 81.5 Å². The van der Waals surface area contributed by atoms with Gasteiger partial charge in [-0.2, -0.15) is 5.10 Å². The summed E-state index contributed by atoms with van der Waals surface area (Å²) in [7, 11) is -0.654. The summed E-state index contributed by atoms with van der Waals surface area (Å²) in [5.74, 6) is -0.544. The number of ether oxygens (including phenoxy) is 1. The quantitative estimate of drug-likeness (QED) is 0.350. The van der Waals surface area contributed by atoms with E-state index in [-0.39, 0.29) is 17.1 Å². The molecule has 180 valence electrons.